The molecule has 0 amide bonds. The maximum atomic E-state index is 5.13. The Morgan fingerprint density at radius 1 is 1.33 bits per heavy atom. The van der Waals surface area contributed by atoms with E-state index in [0.717, 1.165) is 25.7 Å². The second kappa shape index (κ2) is 5.51. The molecule has 1 aliphatic rings. The molecule has 1 unspecified atom stereocenters. The lowest BCUT2D eigenvalue weighted by atomic mass is 10.2. The van der Waals surface area contributed by atoms with Gasteiger partial charge in [-0.25, -0.2) is 0 Å². The third-order valence-electron chi connectivity index (χ3n) is 2.25. The topological polar surface area (TPSA) is 30.5 Å². The third-order valence-corrected chi connectivity index (χ3v) is 2.25. The summed E-state index contributed by atoms with van der Waals surface area (Å²) in [6, 6.07) is 0.546. The molecule has 0 radical (unpaired) electrons. The van der Waals surface area contributed by atoms with Crippen LogP contribution in [-0.2, 0) is 9.47 Å². The zero-order chi connectivity index (χ0) is 8.81. The highest BCUT2D eigenvalue weighted by molar-refractivity contribution is 4.86. The Morgan fingerprint density at radius 3 is 2.58 bits per heavy atom. The van der Waals surface area contributed by atoms with Gasteiger partial charge in [0.05, 0.1) is 13.2 Å². The van der Waals surface area contributed by atoms with Gasteiger partial charge >= 0.3 is 0 Å². The maximum Gasteiger partial charge on any atom is 0.0618 e. The van der Waals surface area contributed by atoms with Crippen LogP contribution in [0.1, 0.15) is 12.8 Å². The molecule has 0 heterocycles. The van der Waals surface area contributed by atoms with Crippen molar-refractivity contribution in [1.29, 1.82) is 0 Å². The van der Waals surface area contributed by atoms with Crippen LogP contribution in [-0.4, -0.2) is 40.0 Å². The number of ether oxygens (including phenoxy) is 2. The first-order valence-corrected chi connectivity index (χ1v) is 4.59. The Bertz CT molecular complexity index is 115. The van der Waals surface area contributed by atoms with Crippen LogP contribution in [0, 0.1) is 5.92 Å². The molecule has 1 aliphatic carbocycles. The van der Waals surface area contributed by atoms with Crippen LogP contribution < -0.4 is 5.32 Å². The molecule has 0 aromatic rings. The molecule has 0 saturated heterocycles. The van der Waals surface area contributed by atoms with E-state index in [2.05, 4.69) is 5.32 Å². The van der Waals surface area contributed by atoms with Crippen LogP contribution in [0.3, 0.4) is 0 Å². The summed E-state index contributed by atoms with van der Waals surface area (Å²) in [4.78, 5) is 0. The van der Waals surface area contributed by atoms with Gasteiger partial charge in [0, 0.05) is 26.8 Å². The molecule has 0 aromatic carbocycles. The zero-order valence-corrected chi connectivity index (χ0v) is 8.01. The zero-order valence-electron chi connectivity index (χ0n) is 8.01. The van der Waals surface area contributed by atoms with Crippen LogP contribution in [0.15, 0.2) is 0 Å². The summed E-state index contributed by atoms with van der Waals surface area (Å²) >= 11 is 0. The molecule has 12 heavy (non-hydrogen) atoms. The molecule has 0 aromatic heterocycles. The summed E-state index contributed by atoms with van der Waals surface area (Å²) in [6.07, 6.45) is 2.71. The summed E-state index contributed by atoms with van der Waals surface area (Å²) in [5.41, 5.74) is 0. The van der Waals surface area contributed by atoms with Crippen LogP contribution in [0.2, 0.25) is 0 Å². The van der Waals surface area contributed by atoms with Gasteiger partial charge in [-0.15, -0.1) is 0 Å². The standard InChI is InChI=1S/C9H19NO2/c1-11-6-5-10-9(7-12-2)8-3-4-8/h8-10H,3-7H2,1-2H3. The van der Waals surface area contributed by atoms with E-state index >= 15 is 0 Å². The Morgan fingerprint density at radius 2 is 2.08 bits per heavy atom. The Labute approximate surface area is 74.4 Å². The van der Waals surface area contributed by atoms with Crippen LogP contribution in [0.25, 0.3) is 0 Å². The minimum atomic E-state index is 0.546. The van der Waals surface area contributed by atoms with Crippen molar-refractivity contribution >= 4 is 0 Å². The summed E-state index contributed by atoms with van der Waals surface area (Å²) in [6.45, 7) is 2.54. The van der Waals surface area contributed by atoms with Gasteiger partial charge in [-0.1, -0.05) is 0 Å². The van der Waals surface area contributed by atoms with Crippen molar-refractivity contribution < 1.29 is 9.47 Å². The number of hydrogen-bond donors (Lipinski definition) is 1. The van der Waals surface area contributed by atoms with Gasteiger partial charge < -0.3 is 14.8 Å². The molecule has 1 saturated carbocycles. The lowest BCUT2D eigenvalue weighted by Crippen LogP contribution is -2.37. The highest BCUT2D eigenvalue weighted by Gasteiger charge is 2.30. The minimum Gasteiger partial charge on any atom is -0.383 e. The van der Waals surface area contributed by atoms with E-state index in [-0.39, 0.29) is 0 Å². The van der Waals surface area contributed by atoms with Crippen molar-refractivity contribution in [2.24, 2.45) is 5.92 Å². The number of rotatable bonds is 7. The lowest BCUT2D eigenvalue weighted by molar-refractivity contribution is 0.145. The van der Waals surface area contributed by atoms with Crippen LogP contribution in [0.4, 0.5) is 0 Å². The van der Waals surface area contributed by atoms with Gasteiger partial charge in [-0.2, -0.15) is 0 Å². The van der Waals surface area contributed by atoms with Crippen molar-refractivity contribution in [3.05, 3.63) is 0 Å². The molecule has 72 valence electrons. The predicted molar refractivity (Wildman–Crippen MR) is 48.3 cm³/mol. The fraction of sp³-hybridized carbons (Fsp3) is 1.00. The summed E-state index contributed by atoms with van der Waals surface area (Å²) in [5, 5.41) is 3.43. The molecule has 3 heteroatoms. The fourth-order valence-corrected chi connectivity index (χ4v) is 1.39. The highest BCUT2D eigenvalue weighted by atomic mass is 16.5. The first kappa shape index (κ1) is 9.96. The average molecular weight is 173 g/mol. The summed E-state index contributed by atoms with van der Waals surface area (Å²) < 4.78 is 10.1. The Kier molecular flexibility index (Phi) is 4.58. The van der Waals surface area contributed by atoms with Gasteiger partial charge in [0.25, 0.3) is 0 Å². The molecule has 3 nitrogen and oxygen atoms in total. The minimum absolute atomic E-state index is 0.546. The number of methoxy groups -OCH3 is 2. The normalized spacial score (nSPS) is 19.5. The molecule has 1 rings (SSSR count). The smallest absolute Gasteiger partial charge is 0.0618 e. The summed E-state index contributed by atoms with van der Waals surface area (Å²) in [7, 11) is 3.48. The van der Waals surface area contributed by atoms with E-state index in [1.807, 2.05) is 0 Å². The van der Waals surface area contributed by atoms with Crippen molar-refractivity contribution in [2.75, 3.05) is 34.0 Å². The van der Waals surface area contributed by atoms with Crippen LogP contribution in [0.5, 0.6) is 0 Å². The van der Waals surface area contributed by atoms with Crippen molar-refractivity contribution in [3.63, 3.8) is 0 Å². The quantitative estimate of drug-likeness (QED) is 0.573. The second-order valence-electron chi connectivity index (χ2n) is 3.35. The lowest BCUT2D eigenvalue weighted by Gasteiger charge is -2.16. The van der Waals surface area contributed by atoms with E-state index in [0.29, 0.717) is 6.04 Å². The maximum absolute atomic E-state index is 5.13. The SMILES string of the molecule is COCCNC(COC)C1CC1. The van der Waals surface area contributed by atoms with Crippen molar-refractivity contribution in [1.82, 2.24) is 5.32 Å². The van der Waals surface area contributed by atoms with Gasteiger partial charge in [-0.05, 0) is 18.8 Å². The first-order valence-electron chi connectivity index (χ1n) is 4.59. The van der Waals surface area contributed by atoms with Gasteiger partial charge in [0.2, 0.25) is 0 Å². The van der Waals surface area contributed by atoms with E-state index in [9.17, 15) is 0 Å². The van der Waals surface area contributed by atoms with Crippen LogP contribution >= 0.6 is 0 Å². The highest BCUT2D eigenvalue weighted by Crippen LogP contribution is 2.32. The molecule has 1 fully saturated rings. The summed E-state index contributed by atoms with van der Waals surface area (Å²) in [5.74, 6) is 0.849. The third kappa shape index (κ3) is 3.52. The second-order valence-corrected chi connectivity index (χ2v) is 3.35. The van der Waals surface area contributed by atoms with Crippen molar-refractivity contribution in [3.8, 4) is 0 Å². The van der Waals surface area contributed by atoms with E-state index in [1.54, 1.807) is 14.2 Å². The van der Waals surface area contributed by atoms with Gasteiger partial charge in [0.1, 0.15) is 0 Å². The molecule has 0 aliphatic heterocycles. The fourth-order valence-electron chi connectivity index (χ4n) is 1.39. The number of nitrogens with one attached hydrogen (secondary N) is 1. The van der Waals surface area contributed by atoms with Crippen molar-refractivity contribution in [2.45, 2.75) is 18.9 Å². The first-order chi connectivity index (χ1) is 5.88. The largest absolute Gasteiger partial charge is 0.383 e. The molecule has 1 N–H and O–H groups in total. The van der Waals surface area contributed by atoms with Gasteiger partial charge in [0.15, 0.2) is 0 Å². The average Bonchev–Trinajstić information content (AvgIpc) is 2.86. The van der Waals surface area contributed by atoms with E-state index in [4.69, 9.17) is 9.47 Å². The Hall–Kier alpha value is -0.120. The molecule has 0 bridgehead atoms. The molecule has 0 spiro atoms. The predicted octanol–water partition coefficient (Wildman–Crippen LogP) is 0.647. The van der Waals surface area contributed by atoms with Gasteiger partial charge in [-0.3, -0.25) is 0 Å². The Balaban J connectivity index is 2.05. The molecular formula is C9H19NO2. The number of hydrogen-bond acceptors (Lipinski definition) is 3. The monoisotopic (exact) mass is 173 g/mol. The molecule has 1 atom stereocenters. The van der Waals surface area contributed by atoms with E-state index < -0.39 is 0 Å². The molecular weight excluding hydrogens is 154 g/mol. The van der Waals surface area contributed by atoms with E-state index in [1.165, 1.54) is 12.8 Å².